The third kappa shape index (κ3) is 3.27. The summed E-state index contributed by atoms with van der Waals surface area (Å²) in [4.78, 5) is 35.3. The maximum Gasteiger partial charge on any atom is 0.322 e. The molecule has 0 spiro atoms. The molecule has 1 fully saturated rings. The number of hydrogen-bond donors (Lipinski definition) is 2. The second-order valence-corrected chi connectivity index (χ2v) is 8.07. The Labute approximate surface area is 147 Å². The van der Waals surface area contributed by atoms with E-state index in [2.05, 4.69) is 5.32 Å². The Balaban J connectivity index is 2.03. The van der Waals surface area contributed by atoms with Gasteiger partial charge >= 0.3 is 11.9 Å². The van der Waals surface area contributed by atoms with Crippen LogP contribution in [0.25, 0.3) is 11.0 Å². The Kier molecular flexibility index (Phi) is 4.34. The third-order valence-electron chi connectivity index (χ3n) is 4.00. The Hall–Kier alpha value is -2.32. The molecule has 7 nitrogen and oxygen atoms in total. The summed E-state index contributed by atoms with van der Waals surface area (Å²) in [6, 6.07) is 3.76. The van der Waals surface area contributed by atoms with Crippen molar-refractivity contribution >= 4 is 34.7 Å². The molecule has 2 N–H and O–H groups in total. The van der Waals surface area contributed by atoms with Crippen LogP contribution in [0.1, 0.15) is 31.7 Å². The highest BCUT2D eigenvalue weighted by atomic mass is 32.2. The van der Waals surface area contributed by atoms with Crippen LogP contribution in [0.15, 0.2) is 33.7 Å². The van der Waals surface area contributed by atoms with E-state index in [4.69, 9.17) is 9.15 Å². The van der Waals surface area contributed by atoms with Crippen LogP contribution in [-0.4, -0.2) is 27.8 Å². The summed E-state index contributed by atoms with van der Waals surface area (Å²) in [6.45, 7) is 4.90. The van der Waals surface area contributed by atoms with E-state index in [-0.39, 0.29) is 16.6 Å². The fourth-order valence-electron chi connectivity index (χ4n) is 2.82. The lowest BCUT2D eigenvalue weighted by atomic mass is 10.0. The second kappa shape index (κ2) is 6.20. The molecule has 0 bridgehead atoms. The SMILES string of the molecule is CC(=O)Oc1ccc2occ(C3NC(C(=O)O)C(C)(C)S3)c(=O)c2c1. The van der Waals surface area contributed by atoms with E-state index in [1.54, 1.807) is 12.1 Å². The lowest BCUT2D eigenvalue weighted by Crippen LogP contribution is -2.43. The van der Waals surface area contributed by atoms with Crippen molar-refractivity contribution in [1.82, 2.24) is 5.32 Å². The fraction of sp³-hybridized carbons (Fsp3) is 0.353. The molecule has 1 saturated heterocycles. The van der Waals surface area contributed by atoms with E-state index >= 15 is 0 Å². The summed E-state index contributed by atoms with van der Waals surface area (Å²) in [6.07, 6.45) is 1.35. The van der Waals surface area contributed by atoms with Crippen molar-refractivity contribution in [2.45, 2.75) is 36.9 Å². The average molecular weight is 363 g/mol. The minimum absolute atomic E-state index is 0.250. The monoisotopic (exact) mass is 363 g/mol. The maximum atomic E-state index is 12.8. The van der Waals surface area contributed by atoms with Crippen LogP contribution in [0.3, 0.4) is 0 Å². The number of carboxylic acid groups (broad SMARTS) is 1. The Morgan fingerprint density at radius 3 is 2.68 bits per heavy atom. The first kappa shape index (κ1) is 17.5. The zero-order valence-corrected chi connectivity index (χ0v) is 14.7. The lowest BCUT2D eigenvalue weighted by molar-refractivity contribution is -0.140. The van der Waals surface area contributed by atoms with Gasteiger partial charge in [-0.15, -0.1) is 11.8 Å². The molecule has 1 aliphatic heterocycles. The van der Waals surface area contributed by atoms with E-state index < -0.39 is 28.1 Å². The van der Waals surface area contributed by atoms with Crippen LogP contribution in [-0.2, 0) is 9.59 Å². The normalized spacial score (nSPS) is 22.0. The van der Waals surface area contributed by atoms with E-state index in [0.717, 1.165) is 0 Å². The van der Waals surface area contributed by atoms with Crippen molar-refractivity contribution in [2.75, 3.05) is 0 Å². The molecule has 132 valence electrons. The molecule has 1 aliphatic rings. The zero-order chi connectivity index (χ0) is 18.4. The van der Waals surface area contributed by atoms with E-state index in [9.17, 15) is 19.5 Å². The summed E-state index contributed by atoms with van der Waals surface area (Å²) in [5.41, 5.74) is 0.401. The topological polar surface area (TPSA) is 106 Å². The molecule has 0 amide bonds. The molecule has 2 aromatic rings. The molecule has 0 saturated carbocycles. The molecule has 2 unspecified atom stereocenters. The predicted molar refractivity (Wildman–Crippen MR) is 92.8 cm³/mol. The van der Waals surface area contributed by atoms with Gasteiger partial charge in [0, 0.05) is 11.7 Å². The Morgan fingerprint density at radius 2 is 2.08 bits per heavy atom. The first-order chi connectivity index (χ1) is 11.7. The molecule has 3 rings (SSSR count). The molecule has 0 aliphatic carbocycles. The molecule has 25 heavy (non-hydrogen) atoms. The lowest BCUT2D eigenvalue weighted by Gasteiger charge is -2.20. The molecular weight excluding hydrogens is 346 g/mol. The number of esters is 1. The number of carbonyl (C=O) groups excluding carboxylic acids is 1. The van der Waals surface area contributed by atoms with Crippen LogP contribution >= 0.6 is 11.8 Å². The first-order valence-electron chi connectivity index (χ1n) is 7.59. The number of hydrogen-bond acceptors (Lipinski definition) is 7. The Morgan fingerprint density at radius 1 is 1.36 bits per heavy atom. The van der Waals surface area contributed by atoms with Gasteiger partial charge < -0.3 is 14.3 Å². The van der Waals surface area contributed by atoms with Crippen LogP contribution in [0.5, 0.6) is 5.75 Å². The molecular formula is C17H17NO6S. The van der Waals surface area contributed by atoms with Crippen molar-refractivity contribution in [3.63, 3.8) is 0 Å². The standard InChI is InChI=1S/C17H17NO6S/c1-8(19)24-9-4-5-12-10(6-9)13(20)11(7-23-12)15-18-14(16(21)22)17(2,3)25-15/h4-7,14-15,18H,1-3H3,(H,21,22). The predicted octanol–water partition coefficient (Wildman–Crippen LogP) is 2.29. The highest BCUT2D eigenvalue weighted by molar-refractivity contribution is 8.01. The molecule has 8 heteroatoms. The van der Waals surface area contributed by atoms with Crippen LogP contribution in [0.2, 0.25) is 0 Å². The number of rotatable bonds is 3. The van der Waals surface area contributed by atoms with Gasteiger partial charge in [-0.3, -0.25) is 19.7 Å². The molecule has 2 heterocycles. The minimum atomic E-state index is -0.970. The number of aliphatic carboxylic acids is 1. The first-order valence-corrected chi connectivity index (χ1v) is 8.47. The largest absolute Gasteiger partial charge is 0.480 e. The van der Waals surface area contributed by atoms with Gasteiger partial charge in [-0.25, -0.2) is 0 Å². The van der Waals surface area contributed by atoms with E-state index in [0.29, 0.717) is 11.1 Å². The Bertz CT molecular complexity index is 919. The van der Waals surface area contributed by atoms with Crippen molar-refractivity contribution in [1.29, 1.82) is 0 Å². The van der Waals surface area contributed by atoms with Crippen molar-refractivity contribution < 1.29 is 23.8 Å². The number of nitrogens with one attached hydrogen (secondary N) is 1. The number of thioether (sulfide) groups is 1. The summed E-state index contributed by atoms with van der Waals surface area (Å²) in [7, 11) is 0. The van der Waals surface area contributed by atoms with Crippen LogP contribution < -0.4 is 15.5 Å². The van der Waals surface area contributed by atoms with E-state index in [1.165, 1.54) is 31.0 Å². The smallest absolute Gasteiger partial charge is 0.322 e. The zero-order valence-electron chi connectivity index (χ0n) is 13.9. The van der Waals surface area contributed by atoms with Gasteiger partial charge in [0.05, 0.1) is 16.3 Å². The number of benzene rings is 1. The van der Waals surface area contributed by atoms with Gasteiger partial charge in [0.1, 0.15) is 23.6 Å². The number of ether oxygens (including phenoxy) is 1. The molecule has 1 aromatic carbocycles. The molecule has 0 radical (unpaired) electrons. The van der Waals surface area contributed by atoms with Gasteiger partial charge in [-0.1, -0.05) is 0 Å². The van der Waals surface area contributed by atoms with Crippen molar-refractivity contribution in [3.8, 4) is 5.75 Å². The van der Waals surface area contributed by atoms with Gasteiger partial charge in [-0.05, 0) is 32.0 Å². The number of carboxylic acids is 1. The fourth-order valence-corrected chi connectivity index (χ4v) is 4.22. The molecule has 2 atom stereocenters. The summed E-state index contributed by atoms with van der Waals surface area (Å²) in [5, 5.41) is 12.1. The average Bonchev–Trinajstić information content (AvgIpc) is 2.83. The van der Waals surface area contributed by atoms with Gasteiger partial charge in [-0.2, -0.15) is 0 Å². The van der Waals surface area contributed by atoms with Gasteiger partial charge in [0.15, 0.2) is 5.43 Å². The van der Waals surface area contributed by atoms with Crippen LogP contribution in [0, 0.1) is 0 Å². The van der Waals surface area contributed by atoms with Crippen molar-refractivity contribution in [3.05, 3.63) is 40.2 Å². The summed E-state index contributed by atoms with van der Waals surface area (Å²) >= 11 is 1.36. The highest BCUT2D eigenvalue weighted by Crippen LogP contribution is 2.45. The summed E-state index contributed by atoms with van der Waals surface area (Å²) < 4.78 is 9.94. The minimum Gasteiger partial charge on any atom is -0.480 e. The van der Waals surface area contributed by atoms with Crippen molar-refractivity contribution in [2.24, 2.45) is 0 Å². The quantitative estimate of drug-likeness (QED) is 0.632. The third-order valence-corrected chi connectivity index (χ3v) is 5.47. The second-order valence-electron chi connectivity index (χ2n) is 6.31. The molecule has 1 aromatic heterocycles. The number of fused-ring (bicyclic) bond motifs is 1. The van der Waals surface area contributed by atoms with E-state index in [1.807, 2.05) is 13.8 Å². The van der Waals surface area contributed by atoms with Gasteiger partial charge in [0.25, 0.3) is 0 Å². The summed E-state index contributed by atoms with van der Waals surface area (Å²) in [5.74, 6) is -1.21. The van der Waals surface area contributed by atoms with Crippen LogP contribution in [0.4, 0.5) is 0 Å². The highest BCUT2D eigenvalue weighted by Gasteiger charge is 2.46. The maximum absolute atomic E-state index is 12.8. The number of carbonyl (C=O) groups is 2. The van der Waals surface area contributed by atoms with Gasteiger partial charge in [0.2, 0.25) is 0 Å².